The summed E-state index contributed by atoms with van der Waals surface area (Å²) in [4.78, 5) is 4.07. The van der Waals surface area contributed by atoms with E-state index in [1.165, 1.54) is 22.3 Å². The summed E-state index contributed by atoms with van der Waals surface area (Å²) in [5, 5.41) is 0. The van der Waals surface area contributed by atoms with Crippen molar-refractivity contribution in [3.05, 3.63) is 144 Å². The summed E-state index contributed by atoms with van der Waals surface area (Å²) in [5.74, 6) is 0. The zero-order chi connectivity index (χ0) is 25.6. The third-order valence-electron chi connectivity index (χ3n) is 5.38. The molecule has 0 N–H and O–H groups in total. The first-order chi connectivity index (χ1) is 17.5. The molecule has 4 rings (SSSR count). The van der Waals surface area contributed by atoms with Crippen LogP contribution in [0.1, 0.15) is 22.3 Å². The van der Waals surface area contributed by atoms with Crippen LogP contribution in [-0.2, 0) is 68.5 Å². The molecular formula is C30H28FeN2S4. The molecule has 0 saturated carbocycles. The first-order valence-electron chi connectivity index (χ1n) is 11.6. The smallest absolute Gasteiger partial charge is 0.411 e. The number of rotatable bonds is 8. The summed E-state index contributed by atoms with van der Waals surface area (Å²) >= 11 is 20.6. The minimum atomic E-state index is 0. The Labute approximate surface area is 253 Å². The predicted octanol–water partition coefficient (Wildman–Crippen LogP) is 7.04. The molecule has 7 heteroatoms. The molecule has 0 amide bonds. The maximum Gasteiger partial charge on any atom is 2.00 e. The van der Waals surface area contributed by atoms with Crippen LogP contribution in [0.2, 0.25) is 0 Å². The zero-order valence-corrected chi connectivity index (χ0v) is 24.6. The minimum absolute atomic E-state index is 0. The van der Waals surface area contributed by atoms with Gasteiger partial charge in [0, 0.05) is 26.2 Å². The third kappa shape index (κ3) is 11.7. The molecule has 0 aromatic heterocycles. The number of thiocarbonyl (C=S) groups is 2. The molecule has 0 atom stereocenters. The second kappa shape index (κ2) is 17.2. The molecule has 4 aromatic rings. The molecule has 0 bridgehead atoms. The third-order valence-corrected chi connectivity index (χ3v) is 6.41. The average molecular weight is 601 g/mol. The summed E-state index contributed by atoms with van der Waals surface area (Å²) in [6, 6.07) is 41.0. The molecule has 0 heterocycles. The van der Waals surface area contributed by atoms with Gasteiger partial charge in [-0.3, -0.25) is 0 Å². The van der Waals surface area contributed by atoms with Crippen LogP contribution in [0.5, 0.6) is 0 Å². The van der Waals surface area contributed by atoms with Gasteiger partial charge in [-0.2, -0.15) is 0 Å². The maximum atomic E-state index is 5.16. The Hall–Kier alpha value is -2.38. The quantitative estimate of drug-likeness (QED) is 0.121. The van der Waals surface area contributed by atoms with Crippen LogP contribution in [0.4, 0.5) is 0 Å². The molecule has 0 fully saturated rings. The second-order valence-electron chi connectivity index (χ2n) is 8.19. The van der Waals surface area contributed by atoms with E-state index in [0.717, 1.165) is 26.2 Å². The van der Waals surface area contributed by atoms with E-state index in [-0.39, 0.29) is 17.1 Å². The fraction of sp³-hybridized carbons (Fsp3) is 0.133. The van der Waals surface area contributed by atoms with E-state index in [9.17, 15) is 0 Å². The Morgan fingerprint density at radius 3 is 0.784 bits per heavy atom. The van der Waals surface area contributed by atoms with Gasteiger partial charge in [-0.25, -0.2) is 0 Å². The standard InChI is InChI=1S/2C15H15NS2.Fe/c2*17-15(18)16(11-13-7-3-1-4-8-13)12-14-9-5-2-6-10-14;/h2*1-10H,11-12H2,(H,17,18);/q;;+2/p-2. The van der Waals surface area contributed by atoms with Gasteiger partial charge in [-0.1, -0.05) is 130 Å². The van der Waals surface area contributed by atoms with Gasteiger partial charge < -0.3 is 59.5 Å². The molecule has 0 aliphatic carbocycles. The summed E-state index contributed by atoms with van der Waals surface area (Å²) in [7, 11) is 0. The second-order valence-corrected chi connectivity index (χ2v) is 10.2. The van der Waals surface area contributed by atoms with Crippen molar-refractivity contribution in [1.82, 2.24) is 9.80 Å². The van der Waals surface area contributed by atoms with E-state index < -0.39 is 0 Å². The van der Waals surface area contributed by atoms with Gasteiger partial charge >= 0.3 is 17.1 Å². The van der Waals surface area contributed by atoms with Gasteiger partial charge in [-0.05, 0) is 22.3 Å². The van der Waals surface area contributed by atoms with Crippen LogP contribution in [-0.4, -0.2) is 18.4 Å². The summed E-state index contributed by atoms with van der Waals surface area (Å²) < 4.78 is 1.03. The maximum absolute atomic E-state index is 5.16. The first-order valence-corrected chi connectivity index (χ1v) is 13.2. The summed E-state index contributed by atoms with van der Waals surface area (Å²) in [6.45, 7) is 3.05. The van der Waals surface area contributed by atoms with Gasteiger partial charge in [0.2, 0.25) is 0 Å². The molecule has 0 unspecified atom stereocenters. The molecule has 4 aromatic carbocycles. The van der Waals surface area contributed by atoms with Gasteiger partial charge in [0.1, 0.15) is 0 Å². The van der Waals surface area contributed by atoms with E-state index >= 15 is 0 Å². The SMILES string of the molecule is S=C([S-])N(Cc1ccccc1)Cc1ccccc1.S=C([S-])N(Cc1ccccc1)Cc1ccccc1.[Fe+2]. The number of benzene rings is 4. The predicted molar refractivity (Wildman–Crippen MR) is 164 cm³/mol. The van der Waals surface area contributed by atoms with Crippen LogP contribution >= 0.6 is 24.4 Å². The van der Waals surface area contributed by atoms with Gasteiger partial charge in [0.25, 0.3) is 0 Å². The molecule has 0 spiro atoms. The van der Waals surface area contributed by atoms with E-state index in [1.54, 1.807) is 0 Å². The largest absolute Gasteiger partial charge is 2.00 e. The average Bonchev–Trinajstić information content (AvgIpc) is 2.91. The monoisotopic (exact) mass is 600 g/mol. The summed E-state index contributed by atoms with van der Waals surface area (Å²) in [6.07, 6.45) is 0. The molecule has 0 aliphatic heterocycles. The van der Waals surface area contributed by atoms with E-state index in [1.807, 2.05) is 82.6 Å². The summed E-state index contributed by atoms with van der Waals surface area (Å²) in [5.41, 5.74) is 4.89. The Balaban J connectivity index is 0.000000253. The molecular weight excluding hydrogens is 572 g/mol. The first kappa shape index (κ1) is 30.8. The van der Waals surface area contributed by atoms with Crippen LogP contribution in [0, 0.1) is 0 Å². The van der Waals surface area contributed by atoms with Crippen molar-refractivity contribution in [3.63, 3.8) is 0 Å². The number of nitrogens with zero attached hydrogens (tertiary/aromatic N) is 2. The Bertz CT molecular complexity index is 1010. The number of hydrogen-bond acceptors (Lipinski definition) is 4. The van der Waals surface area contributed by atoms with Crippen molar-refractivity contribution in [2.75, 3.05) is 0 Å². The van der Waals surface area contributed by atoms with E-state index in [0.29, 0.717) is 8.64 Å². The Morgan fingerprint density at radius 1 is 0.432 bits per heavy atom. The van der Waals surface area contributed by atoms with E-state index in [4.69, 9.17) is 49.7 Å². The fourth-order valence-electron chi connectivity index (χ4n) is 3.59. The van der Waals surface area contributed by atoms with Crippen molar-refractivity contribution in [3.8, 4) is 0 Å². The molecule has 0 aliphatic rings. The molecule has 0 saturated heterocycles. The van der Waals surface area contributed by atoms with Crippen LogP contribution < -0.4 is 0 Å². The molecule has 2 nitrogen and oxygen atoms in total. The number of hydrogen-bond donors (Lipinski definition) is 0. The Morgan fingerprint density at radius 2 is 0.622 bits per heavy atom. The van der Waals surface area contributed by atoms with Gasteiger partial charge in [-0.15, -0.1) is 0 Å². The fourth-order valence-corrected chi connectivity index (χ4v) is 4.10. The zero-order valence-electron chi connectivity index (χ0n) is 20.3. The molecule has 37 heavy (non-hydrogen) atoms. The van der Waals surface area contributed by atoms with Crippen LogP contribution in [0.3, 0.4) is 0 Å². The van der Waals surface area contributed by atoms with Gasteiger partial charge in [0.15, 0.2) is 0 Å². The normalized spacial score (nSPS) is 9.73. The van der Waals surface area contributed by atoms with Gasteiger partial charge in [0.05, 0.1) is 0 Å². The topological polar surface area (TPSA) is 6.48 Å². The van der Waals surface area contributed by atoms with Crippen molar-refractivity contribution in [2.24, 2.45) is 0 Å². The van der Waals surface area contributed by atoms with Crippen molar-refractivity contribution >= 4 is 58.3 Å². The Kier molecular flexibility index (Phi) is 14.3. The van der Waals surface area contributed by atoms with E-state index in [2.05, 4.69) is 48.5 Å². The van der Waals surface area contributed by atoms with Crippen LogP contribution in [0.15, 0.2) is 121 Å². The van der Waals surface area contributed by atoms with Crippen molar-refractivity contribution < 1.29 is 17.1 Å². The van der Waals surface area contributed by atoms with Crippen molar-refractivity contribution in [1.29, 1.82) is 0 Å². The minimum Gasteiger partial charge on any atom is -0.411 e. The van der Waals surface area contributed by atoms with Crippen molar-refractivity contribution in [2.45, 2.75) is 26.2 Å². The molecule has 190 valence electrons. The van der Waals surface area contributed by atoms with Crippen LogP contribution in [0.25, 0.3) is 0 Å². The molecule has 0 radical (unpaired) electrons.